The molecule has 2 aromatic heterocycles. The van der Waals surface area contributed by atoms with E-state index in [4.69, 9.17) is 0 Å². The monoisotopic (exact) mass is 282 g/mol. The normalized spacial score (nSPS) is 11.0. The number of carbonyl (C=O) groups excluding carboxylic acids is 1. The van der Waals surface area contributed by atoms with Gasteiger partial charge >= 0.3 is 0 Å². The fraction of sp³-hybridized carbons (Fsp3) is 0.250. The average molecular weight is 282 g/mol. The molecule has 0 atom stereocenters. The molecule has 0 bridgehead atoms. The van der Waals surface area contributed by atoms with Crippen LogP contribution in [0.25, 0.3) is 10.9 Å². The first-order valence-corrected chi connectivity index (χ1v) is 6.90. The Morgan fingerprint density at radius 1 is 1.29 bits per heavy atom. The van der Waals surface area contributed by atoms with Gasteiger partial charge in [-0.2, -0.15) is 5.10 Å². The summed E-state index contributed by atoms with van der Waals surface area (Å²) in [6.45, 7) is 4.41. The molecular weight excluding hydrogens is 264 g/mol. The maximum absolute atomic E-state index is 12.1. The number of nitrogens with zero attached hydrogens (tertiary/aromatic N) is 2. The molecule has 108 valence electrons. The Hall–Kier alpha value is -2.56. The van der Waals surface area contributed by atoms with Crippen LogP contribution >= 0.6 is 0 Å². The highest BCUT2D eigenvalue weighted by molar-refractivity contribution is 5.92. The fourth-order valence-corrected chi connectivity index (χ4v) is 2.53. The van der Waals surface area contributed by atoms with Crippen molar-refractivity contribution >= 4 is 16.8 Å². The molecule has 0 saturated carbocycles. The smallest absolute Gasteiger partial charge is 0.269 e. The zero-order chi connectivity index (χ0) is 15.0. The van der Waals surface area contributed by atoms with Gasteiger partial charge in [0, 0.05) is 24.8 Å². The number of hydrogen-bond donors (Lipinski definition) is 2. The summed E-state index contributed by atoms with van der Waals surface area (Å²) in [7, 11) is 1.77. The zero-order valence-corrected chi connectivity index (χ0v) is 12.4. The molecular formula is C16H18N4O. The van der Waals surface area contributed by atoms with Gasteiger partial charge in [-0.05, 0) is 49.1 Å². The third-order valence-electron chi connectivity index (χ3n) is 3.51. The van der Waals surface area contributed by atoms with E-state index in [0.717, 1.165) is 27.9 Å². The van der Waals surface area contributed by atoms with Crippen molar-refractivity contribution < 1.29 is 4.79 Å². The van der Waals surface area contributed by atoms with Crippen LogP contribution in [0, 0.1) is 13.8 Å². The van der Waals surface area contributed by atoms with Gasteiger partial charge in [0.2, 0.25) is 0 Å². The molecule has 0 spiro atoms. The van der Waals surface area contributed by atoms with Crippen molar-refractivity contribution in [2.24, 2.45) is 7.05 Å². The molecule has 5 heteroatoms. The predicted octanol–water partition coefficient (Wildman–Crippen LogP) is 2.45. The number of aryl methyl sites for hydroxylation is 3. The van der Waals surface area contributed by atoms with Gasteiger partial charge in [0.15, 0.2) is 0 Å². The Morgan fingerprint density at radius 3 is 2.81 bits per heavy atom. The van der Waals surface area contributed by atoms with Gasteiger partial charge in [-0.1, -0.05) is 6.07 Å². The lowest BCUT2D eigenvalue weighted by Crippen LogP contribution is -2.25. The van der Waals surface area contributed by atoms with Gasteiger partial charge < -0.3 is 10.3 Å². The van der Waals surface area contributed by atoms with Gasteiger partial charge in [-0.15, -0.1) is 0 Å². The molecule has 3 rings (SSSR count). The maximum Gasteiger partial charge on any atom is 0.269 e. The molecule has 3 aromatic rings. The molecule has 0 radical (unpaired) electrons. The van der Waals surface area contributed by atoms with Gasteiger partial charge in [0.05, 0.1) is 5.69 Å². The summed E-state index contributed by atoms with van der Waals surface area (Å²) in [4.78, 5) is 15.4. The minimum atomic E-state index is -0.108. The van der Waals surface area contributed by atoms with E-state index in [-0.39, 0.29) is 5.91 Å². The third kappa shape index (κ3) is 2.67. The topological polar surface area (TPSA) is 62.7 Å². The van der Waals surface area contributed by atoms with Crippen molar-refractivity contribution in [1.82, 2.24) is 20.1 Å². The summed E-state index contributed by atoms with van der Waals surface area (Å²) in [5.41, 5.74) is 4.74. The Morgan fingerprint density at radius 2 is 2.10 bits per heavy atom. The molecule has 0 fully saturated rings. The number of nitrogens with one attached hydrogen (secondary N) is 2. The van der Waals surface area contributed by atoms with E-state index in [0.29, 0.717) is 12.2 Å². The van der Waals surface area contributed by atoms with E-state index in [2.05, 4.69) is 27.5 Å². The van der Waals surface area contributed by atoms with Crippen LogP contribution in [0.3, 0.4) is 0 Å². The van der Waals surface area contributed by atoms with Crippen LogP contribution in [0.1, 0.15) is 27.4 Å². The summed E-state index contributed by atoms with van der Waals surface area (Å²) in [6, 6.07) is 10.0. The largest absolute Gasteiger partial charge is 0.359 e. The van der Waals surface area contributed by atoms with Crippen LogP contribution in [0.5, 0.6) is 0 Å². The van der Waals surface area contributed by atoms with Crippen molar-refractivity contribution in [2.45, 2.75) is 20.4 Å². The maximum atomic E-state index is 12.1. The van der Waals surface area contributed by atoms with Gasteiger partial charge in [-0.3, -0.25) is 9.48 Å². The molecule has 0 unspecified atom stereocenters. The van der Waals surface area contributed by atoms with Crippen molar-refractivity contribution in [1.29, 1.82) is 0 Å². The second-order valence-electron chi connectivity index (χ2n) is 5.35. The number of aromatic nitrogens is 3. The molecule has 0 aliphatic heterocycles. The quantitative estimate of drug-likeness (QED) is 0.775. The Balaban J connectivity index is 1.73. The SMILES string of the molecule is Cc1cc(C(=O)NCc2ccc3[nH]c(C)cc3c2)n(C)n1. The number of H-pyrrole nitrogens is 1. The minimum Gasteiger partial charge on any atom is -0.359 e. The minimum absolute atomic E-state index is 0.108. The summed E-state index contributed by atoms with van der Waals surface area (Å²) in [5, 5.41) is 8.28. The van der Waals surface area contributed by atoms with E-state index in [9.17, 15) is 4.79 Å². The van der Waals surface area contributed by atoms with Crippen LogP contribution in [0.15, 0.2) is 30.3 Å². The second-order valence-corrected chi connectivity index (χ2v) is 5.35. The molecule has 5 nitrogen and oxygen atoms in total. The highest BCUT2D eigenvalue weighted by atomic mass is 16.2. The number of fused-ring (bicyclic) bond motifs is 1. The summed E-state index contributed by atoms with van der Waals surface area (Å²) in [5.74, 6) is -0.108. The van der Waals surface area contributed by atoms with Crippen molar-refractivity contribution in [3.63, 3.8) is 0 Å². The van der Waals surface area contributed by atoms with Crippen LogP contribution in [0.4, 0.5) is 0 Å². The van der Waals surface area contributed by atoms with E-state index < -0.39 is 0 Å². The molecule has 0 aliphatic rings. The van der Waals surface area contributed by atoms with Crippen LogP contribution < -0.4 is 5.32 Å². The number of benzene rings is 1. The summed E-state index contributed by atoms with van der Waals surface area (Å²) in [6.07, 6.45) is 0. The summed E-state index contributed by atoms with van der Waals surface area (Å²) >= 11 is 0. The highest BCUT2D eigenvalue weighted by Gasteiger charge is 2.11. The Kier molecular flexibility index (Phi) is 3.25. The number of amides is 1. The molecule has 1 amide bonds. The molecule has 21 heavy (non-hydrogen) atoms. The van der Waals surface area contributed by atoms with Gasteiger partial charge in [0.25, 0.3) is 5.91 Å². The molecule has 1 aromatic carbocycles. The van der Waals surface area contributed by atoms with Gasteiger partial charge in [-0.25, -0.2) is 0 Å². The van der Waals surface area contributed by atoms with E-state index in [1.54, 1.807) is 17.8 Å². The predicted molar refractivity (Wildman–Crippen MR) is 82.2 cm³/mol. The van der Waals surface area contributed by atoms with E-state index >= 15 is 0 Å². The van der Waals surface area contributed by atoms with Crippen molar-refractivity contribution in [2.75, 3.05) is 0 Å². The number of carbonyl (C=O) groups is 1. The number of rotatable bonds is 3. The van der Waals surface area contributed by atoms with Gasteiger partial charge in [0.1, 0.15) is 5.69 Å². The van der Waals surface area contributed by atoms with E-state index in [1.807, 2.05) is 26.0 Å². The standard InChI is InChI=1S/C16H18N4O/c1-10-6-13-8-12(4-5-14(13)18-10)9-17-16(21)15-7-11(2)19-20(15)3/h4-8,18H,9H2,1-3H3,(H,17,21). The number of aromatic amines is 1. The Labute approximate surface area is 123 Å². The molecule has 2 N–H and O–H groups in total. The first kappa shape index (κ1) is 13.4. The fourth-order valence-electron chi connectivity index (χ4n) is 2.53. The third-order valence-corrected chi connectivity index (χ3v) is 3.51. The molecule has 0 aliphatic carbocycles. The lowest BCUT2D eigenvalue weighted by Gasteiger charge is -2.05. The lowest BCUT2D eigenvalue weighted by molar-refractivity contribution is 0.0941. The summed E-state index contributed by atoms with van der Waals surface area (Å²) < 4.78 is 1.60. The first-order valence-electron chi connectivity index (χ1n) is 6.90. The zero-order valence-electron chi connectivity index (χ0n) is 12.4. The van der Waals surface area contributed by atoms with Crippen molar-refractivity contribution in [3.05, 3.63) is 53.0 Å². The highest BCUT2D eigenvalue weighted by Crippen LogP contribution is 2.16. The van der Waals surface area contributed by atoms with Crippen LogP contribution in [-0.2, 0) is 13.6 Å². The number of hydrogen-bond acceptors (Lipinski definition) is 2. The van der Waals surface area contributed by atoms with Crippen LogP contribution in [0.2, 0.25) is 0 Å². The average Bonchev–Trinajstić information content (AvgIpc) is 2.96. The Bertz CT molecular complexity index is 813. The van der Waals surface area contributed by atoms with E-state index in [1.165, 1.54) is 0 Å². The second kappa shape index (κ2) is 5.09. The van der Waals surface area contributed by atoms with Crippen molar-refractivity contribution in [3.8, 4) is 0 Å². The molecule has 0 saturated heterocycles. The first-order chi connectivity index (χ1) is 10.0. The van der Waals surface area contributed by atoms with Crippen LogP contribution in [-0.4, -0.2) is 20.7 Å². The lowest BCUT2D eigenvalue weighted by atomic mass is 10.1. The molecule has 2 heterocycles.